The van der Waals surface area contributed by atoms with E-state index in [2.05, 4.69) is 10.6 Å². The molecular weight excluding hydrogens is 573 g/mol. The van der Waals surface area contributed by atoms with Gasteiger partial charge in [0.05, 0.1) is 16.4 Å². The summed E-state index contributed by atoms with van der Waals surface area (Å²) in [6.45, 7) is 0. The monoisotopic (exact) mass is 588 g/mol. The molecule has 3 aromatic rings. The van der Waals surface area contributed by atoms with Crippen molar-refractivity contribution in [1.82, 2.24) is 0 Å². The van der Waals surface area contributed by atoms with E-state index in [1.165, 1.54) is 36.4 Å². The van der Waals surface area contributed by atoms with Gasteiger partial charge in [0.1, 0.15) is 10.2 Å². The molecule has 0 aromatic heterocycles. The van der Waals surface area contributed by atoms with E-state index in [-0.39, 0.29) is 21.8 Å². The fourth-order valence-corrected chi connectivity index (χ4v) is 6.12. The van der Waals surface area contributed by atoms with Crippen molar-refractivity contribution < 1.29 is 22.4 Å². The van der Waals surface area contributed by atoms with Gasteiger partial charge in [-0.2, -0.15) is 0 Å². The van der Waals surface area contributed by atoms with Crippen LogP contribution in [0.15, 0.2) is 65.6 Å². The molecule has 2 atom stereocenters. The Labute approximate surface area is 226 Å². The van der Waals surface area contributed by atoms with Gasteiger partial charge in [0.25, 0.3) is 5.91 Å². The Morgan fingerprint density at radius 2 is 1.47 bits per heavy atom. The van der Waals surface area contributed by atoms with Crippen LogP contribution in [0.5, 0.6) is 0 Å². The normalized spacial score (nSPS) is 18.4. The number of nitrogens with one attached hydrogen (secondary N) is 2. The Hall–Kier alpha value is -2.36. The van der Waals surface area contributed by atoms with Crippen LogP contribution < -0.4 is 10.6 Å². The van der Waals surface area contributed by atoms with E-state index >= 15 is 0 Å². The number of hydrogen-bond donors (Lipinski definition) is 2. The van der Waals surface area contributed by atoms with E-state index < -0.39 is 43.6 Å². The number of amides is 2. The van der Waals surface area contributed by atoms with Crippen molar-refractivity contribution in [1.29, 1.82) is 0 Å². The van der Waals surface area contributed by atoms with Crippen LogP contribution in [0, 0.1) is 11.7 Å². The van der Waals surface area contributed by atoms with Crippen molar-refractivity contribution in [3.05, 3.63) is 87.7 Å². The Balaban J connectivity index is 1.60. The van der Waals surface area contributed by atoms with Gasteiger partial charge < -0.3 is 10.6 Å². The molecule has 2 amide bonds. The van der Waals surface area contributed by atoms with Crippen molar-refractivity contribution in [2.45, 2.75) is 15.1 Å². The van der Waals surface area contributed by atoms with Gasteiger partial charge in [-0.3, -0.25) is 9.59 Å². The first kappa shape index (κ1) is 26.7. The number of halogens is 5. The molecule has 0 heterocycles. The first-order valence-corrected chi connectivity index (χ1v) is 13.7. The van der Waals surface area contributed by atoms with Crippen LogP contribution in [-0.2, 0) is 14.6 Å². The number of hydrogen-bond acceptors (Lipinski definition) is 4. The Morgan fingerprint density at radius 3 is 2.06 bits per heavy atom. The Morgan fingerprint density at radius 1 is 0.889 bits per heavy atom. The fraction of sp³-hybridized carbons (Fsp3) is 0.167. The summed E-state index contributed by atoms with van der Waals surface area (Å²) in [5.74, 6) is -3.25. The van der Waals surface area contributed by atoms with E-state index in [9.17, 15) is 22.4 Å². The SMILES string of the molecule is CS(=O)(=O)c1ccc(NC(=O)[C@H]2[C@H](c3cc(Cl)cc(Cl)c3)C2(Cl)Cl)cc1C(=O)Nc1ccc(F)cc1. The number of carbonyl (C=O) groups is 2. The van der Waals surface area contributed by atoms with Gasteiger partial charge in [0.2, 0.25) is 5.91 Å². The molecule has 0 radical (unpaired) electrons. The first-order valence-electron chi connectivity index (χ1n) is 10.3. The van der Waals surface area contributed by atoms with Crippen LogP contribution >= 0.6 is 46.4 Å². The topological polar surface area (TPSA) is 92.3 Å². The molecule has 0 aliphatic heterocycles. The molecule has 188 valence electrons. The second kappa shape index (κ2) is 9.84. The quantitative estimate of drug-likeness (QED) is 0.329. The summed E-state index contributed by atoms with van der Waals surface area (Å²) in [7, 11) is -3.80. The third-order valence-corrected chi connectivity index (χ3v) is 8.11. The second-order valence-electron chi connectivity index (χ2n) is 8.27. The standard InChI is InChI=1S/C24H17Cl4FN2O4S/c1-36(34,35)19-7-6-17(11-18(19)22(32)30-16-4-2-15(29)3-5-16)31-23(33)21-20(24(21,27)28)12-8-13(25)10-14(26)9-12/h2-11,20-21H,1H3,(H,30,32)(H,31,33)/t20-,21+/m0/s1. The zero-order valence-electron chi connectivity index (χ0n) is 18.4. The van der Waals surface area contributed by atoms with Gasteiger partial charge in [-0.25, -0.2) is 12.8 Å². The Kier molecular flexibility index (Phi) is 7.29. The van der Waals surface area contributed by atoms with Gasteiger partial charge in [-0.15, -0.1) is 23.2 Å². The van der Waals surface area contributed by atoms with Crippen LogP contribution in [0.3, 0.4) is 0 Å². The lowest BCUT2D eigenvalue weighted by Crippen LogP contribution is -2.19. The van der Waals surface area contributed by atoms with Crippen LogP contribution in [0.25, 0.3) is 0 Å². The van der Waals surface area contributed by atoms with Crippen LogP contribution in [0.4, 0.5) is 15.8 Å². The minimum absolute atomic E-state index is 0.149. The minimum atomic E-state index is -3.80. The Bertz CT molecular complexity index is 1460. The molecule has 1 aliphatic carbocycles. The smallest absolute Gasteiger partial charge is 0.257 e. The molecule has 36 heavy (non-hydrogen) atoms. The number of carbonyl (C=O) groups excluding carboxylic acids is 2. The zero-order valence-corrected chi connectivity index (χ0v) is 22.2. The van der Waals surface area contributed by atoms with Gasteiger partial charge in [-0.05, 0) is 66.2 Å². The predicted molar refractivity (Wildman–Crippen MR) is 140 cm³/mol. The van der Waals surface area contributed by atoms with Gasteiger partial charge in [-0.1, -0.05) is 23.2 Å². The third kappa shape index (κ3) is 5.63. The van der Waals surface area contributed by atoms with E-state index in [0.29, 0.717) is 15.6 Å². The average Bonchev–Trinajstić information content (AvgIpc) is 3.36. The highest BCUT2D eigenvalue weighted by Gasteiger charge is 2.67. The molecule has 3 aromatic carbocycles. The van der Waals surface area contributed by atoms with E-state index in [4.69, 9.17) is 46.4 Å². The maximum absolute atomic E-state index is 13.2. The summed E-state index contributed by atoms with van der Waals surface area (Å²) in [5, 5.41) is 5.88. The van der Waals surface area contributed by atoms with E-state index in [1.807, 2.05) is 0 Å². The van der Waals surface area contributed by atoms with E-state index in [1.54, 1.807) is 12.1 Å². The van der Waals surface area contributed by atoms with Crippen molar-refractivity contribution in [2.75, 3.05) is 16.9 Å². The maximum atomic E-state index is 13.2. The lowest BCUT2D eigenvalue weighted by atomic mass is 10.1. The van der Waals surface area contributed by atoms with Gasteiger partial charge in [0.15, 0.2) is 9.84 Å². The molecule has 0 saturated heterocycles. The van der Waals surface area contributed by atoms with Crippen molar-refractivity contribution in [3.63, 3.8) is 0 Å². The lowest BCUT2D eigenvalue weighted by Gasteiger charge is -2.12. The molecular formula is C24H17Cl4FN2O4S. The summed E-state index contributed by atoms with van der Waals surface area (Å²) in [5.41, 5.74) is 0.780. The molecule has 0 spiro atoms. The maximum Gasteiger partial charge on any atom is 0.257 e. The summed E-state index contributed by atoms with van der Waals surface area (Å²) >= 11 is 24.9. The van der Waals surface area contributed by atoms with Crippen LogP contribution in [0.1, 0.15) is 21.8 Å². The number of benzene rings is 3. The number of sulfone groups is 1. The molecule has 1 saturated carbocycles. The molecule has 12 heteroatoms. The minimum Gasteiger partial charge on any atom is -0.326 e. The van der Waals surface area contributed by atoms with Crippen molar-refractivity contribution in [3.8, 4) is 0 Å². The fourth-order valence-electron chi connectivity index (χ4n) is 3.88. The van der Waals surface area contributed by atoms with Crippen molar-refractivity contribution >= 4 is 79.4 Å². The largest absolute Gasteiger partial charge is 0.326 e. The number of anilines is 2. The molecule has 2 N–H and O–H groups in total. The summed E-state index contributed by atoms with van der Waals surface area (Å²) < 4.78 is 36.3. The molecule has 6 nitrogen and oxygen atoms in total. The summed E-state index contributed by atoms with van der Waals surface area (Å²) in [4.78, 5) is 25.7. The highest BCUT2D eigenvalue weighted by molar-refractivity contribution is 7.90. The van der Waals surface area contributed by atoms with E-state index in [0.717, 1.165) is 18.4 Å². The van der Waals surface area contributed by atoms with Gasteiger partial charge >= 0.3 is 0 Å². The molecule has 4 rings (SSSR count). The molecule has 1 aliphatic rings. The second-order valence-corrected chi connectivity index (χ2v) is 12.6. The van der Waals surface area contributed by atoms with Crippen LogP contribution in [-0.4, -0.2) is 30.8 Å². The van der Waals surface area contributed by atoms with Crippen molar-refractivity contribution in [2.24, 2.45) is 5.92 Å². The predicted octanol–water partition coefficient (Wildman–Crippen LogP) is 6.31. The third-order valence-electron chi connectivity index (χ3n) is 5.57. The van der Waals surface area contributed by atoms with Crippen LogP contribution in [0.2, 0.25) is 10.0 Å². The highest BCUT2D eigenvalue weighted by Crippen LogP contribution is 2.65. The zero-order chi connectivity index (χ0) is 26.4. The molecule has 0 unspecified atom stereocenters. The molecule has 1 fully saturated rings. The first-order chi connectivity index (χ1) is 16.8. The summed E-state index contributed by atoms with van der Waals surface area (Å²) in [6, 6.07) is 13.5. The summed E-state index contributed by atoms with van der Waals surface area (Å²) in [6.07, 6.45) is 0.954. The van der Waals surface area contributed by atoms with Gasteiger partial charge in [0, 0.05) is 33.6 Å². The average molecular weight is 590 g/mol. The lowest BCUT2D eigenvalue weighted by molar-refractivity contribution is -0.117. The highest BCUT2D eigenvalue weighted by atomic mass is 35.5. The molecule has 0 bridgehead atoms. The number of rotatable bonds is 6. The number of alkyl halides is 2.